The van der Waals surface area contributed by atoms with Gasteiger partial charge in [0.05, 0.1) is 0 Å². The van der Waals surface area contributed by atoms with Gasteiger partial charge in [-0.05, 0) is 20.8 Å². The monoisotopic (exact) mass is 230 g/mol. The zero-order chi connectivity index (χ0) is 11.7. The molecule has 0 bridgehead atoms. The Morgan fingerprint density at radius 2 is 1.93 bits per heavy atom. The van der Waals surface area contributed by atoms with Crippen molar-refractivity contribution in [3.05, 3.63) is 12.3 Å². The van der Waals surface area contributed by atoms with Crippen LogP contribution in [0.1, 0.15) is 20.8 Å². The van der Waals surface area contributed by atoms with Gasteiger partial charge in [-0.3, -0.25) is 0 Å². The van der Waals surface area contributed by atoms with Gasteiger partial charge in [0, 0.05) is 18.5 Å². The van der Waals surface area contributed by atoms with Crippen LogP contribution in [0, 0.1) is 0 Å². The van der Waals surface area contributed by atoms with Crippen molar-refractivity contribution in [3.8, 4) is 5.88 Å². The molecule has 5 nitrogen and oxygen atoms in total. The summed E-state index contributed by atoms with van der Waals surface area (Å²) in [6.07, 6.45) is 2.42. The van der Waals surface area contributed by atoms with Gasteiger partial charge in [-0.2, -0.15) is 4.98 Å². The molecule has 0 aliphatic heterocycles. The highest BCUT2D eigenvalue weighted by Crippen LogP contribution is 2.15. The van der Waals surface area contributed by atoms with E-state index >= 15 is 0 Å². The lowest BCUT2D eigenvalue weighted by molar-refractivity contribution is 0.122. The third-order valence-corrected chi connectivity index (χ3v) is 2.21. The molecule has 0 aromatic carbocycles. The van der Waals surface area contributed by atoms with Crippen LogP contribution in [0.3, 0.4) is 0 Å². The summed E-state index contributed by atoms with van der Waals surface area (Å²) >= 11 is 0. The fourth-order valence-electron chi connectivity index (χ4n) is 0.874. The first-order chi connectivity index (χ1) is 6.68. The van der Waals surface area contributed by atoms with Crippen LogP contribution in [0.2, 0.25) is 0 Å². The molecular weight excluding hydrogens is 216 g/mol. The molecule has 1 aromatic heterocycles. The molecule has 1 rings (SSSR count). The minimum atomic E-state index is -3.38. The van der Waals surface area contributed by atoms with E-state index in [0.717, 1.165) is 6.26 Å². The molecule has 0 atom stereocenters. The molecule has 1 aromatic rings. The summed E-state index contributed by atoms with van der Waals surface area (Å²) in [5.74, 6) is 0.262. The molecule has 15 heavy (non-hydrogen) atoms. The molecule has 84 valence electrons. The summed E-state index contributed by atoms with van der Waals surface area (Å²) in [4.78, 5) is 7.47. The van der Waals surface area contributed by atoms with Crippen molar-refractivity contribution in [1.82, 2.24) is 9.97 Å². The maximum atomic E-state index is 11.2. The van der Waals surface area contributed by atoms with E-state index in [-0.39, 0.29) is 11.0 Å². The van der Waals surface area contributed by atoms with Crippen LogP contribution in [0.5, 0.6) is 5.88 Å². The fraction of sp³-hybridized carbons (Fsp3) is 0.556. The summed E-state index contributed by atoms with van der Waals surface area (Å²) in [5, 5.41) is -0.218. The van der Waals surface area contributed by atoms with Crippen LogP contribution in [-0.4, -0.2) is 30.2 Å². The van der Waals surface area contributed by atoms with E-state index in [1.165, 1.54) is 12.3 Å². The van der Waals surface area contributed by atoms with Crippen LogP contribution in [0.4, 0.5) is 0 Å². The van der Waals surface area contributed by atoms with Crippen LogP contribution in [0.15, 0.2) is 17.4 Å². The number of hydrogen-bond donors (Lipinski definition) is 0. The Hall–Kier alpha value is -1.17. The Morgan fingerprint density at radius 3 is 2.40 bits per heavy atom. The molecule has 0 amide bonds. The molecule has 0 aliphatic carbocycles. The lowest BCUT2D eigenvalue weighted by Crippen LogP contribution is -2.24. The van der Waals surface area contributed by atoms with Crippen molar-refractivity contribution in [1.29, 1.82) is 0 Å². The van der Waals surface area contributed by atoms with Crippen molar-refractivity contribution in [2.75, 3.05) is 6.26 Å². The zero-order valence-electron chi connectivity index (χ0n) is 9.18. The van der Waals surface area contributed by atoms with Crippen molar-refractivity contribution in [3.63, 3.8) is 0 Å². The molecule has 0 saturated heterocycles. The minimum Gasteiger partial charge on any atom is -0.472 e. The summed E-state index contributed by atoms with van der Waals surface area (Å²) in [7, 11) is -3.38. The number of rotatable bonds is 2. The average Bonchev–Trinajstić information content (AvgIpc) is 1.99. The normalized spacial score (nSPS) is 12.5. The lowest BCUT2D eigenvalue weighted by atomic mass is 10.2. The van der Waals surface area contributed by atoms with Gasteiger partial charge in [-0.1, -0.05) is 0 Å². The van der Waals surface area contributed by atoms with Gasteiger partial charge in [0.1, 0.15) is 5.60 Å². The van der Waals surface area contributed by atoms with E-state index in [0.29, 0.717) is 0 Å². The molecule has 6 heteroatoms. The number of ether oxygens (including phenoxy) is 1. The number of hydrogen-bond acceptors (Lipinski definition) is 5. The molecule has 0 aliphatic rings. The van der Waals surface area contributed by atoms with Crippen LogP contribution < -0.4 is 4.74 Å². The smallest absolute Gasteiger partial charge is 0.250 e. The van der Waals surface area contributed by atoms with E-state index in [1.54, 1.807) is 0 Å². The third kappa shape index (κ3) is 3.83. The first kappa shape index (κ1) is 11.9. The highest BCUT2D eigenvalue weighted by molar-refractivity contribution is 7.90. The molecule has 0 saturated carbocycles. The maximum Gasteiger partial charge on any atom is 0.250 e. The largest absolute Gasteiger partial charge is 0.472 e. The zero-order valence-corrected chi connectivity index (χ0v) is 10.00. The van der Waals surface area contributed by atoms with Crippen LogP contribution in [0.25, 0.3) is 0 Å². The van der Waals surface area contributed by atoms with Crippen LogP contribution in [-0.2, 0) is 9.84 Å². The second-order valence-corrected chi connectivity index (χ2v) is 6.07. The molecule has 0 N–H and O–H groups in total. The van der Waals surface area contributed by atoms with Gasteiger partial charge in [0.25, 0.3) is 0 Å². The first-order valence-electron chi connectivity index (χ1n) is 4.40. The van der Waals surface area contributed by atoms with E-state index in [9.17, 15) is 8.42 Å². The number of nitrogens with zero attached hydrogens (tertiary/aromatic N) is 2. The number of aromatic nitrogens is 2. The Kier molecular flexibility index (Phi) is 2.99. The summed E-state index contributed by atoms with van der Waals surface area (Å²) in [6.45, 7) is 5.57. The molecule has 0 radical (unpaired) electrons. The second kappa shape index (κ2) is 3.77. The standard InChI is InChI=1S/C9H14N2O3S/c1-9(2,3)14-7-5-6-10-8(11-7)15(4,12)13/h5-6H,1-4H3. The molecule has 0 spiro atoms. The number of sulfone groups is 1. The predicted molar refractivity (Wildman–Crippen MR) is 55.5 cm³/mol. The van der Waals surface area contributed by atoms with Crippen molar-refractivity contribution >= 4 is 9.84 Å². The van der Waals surface area contributed by atoms with Gasteiger partial charge in [-0.25, -0.2) is 13.4 Å². The van der Waals surface area contributed by atoms with Crippen molar-refractivity contribution in [2.45, 2.75) is 31.5 Å². The van der Waals surface area contributed by atoms with E-state index in [4.69, 9.17) is 4.74 Å². The average molecular weight is 230 g/mol. The summed E-state index contributed by atoms with van der Waals surface area (Å²) < 4.78 is 27.8. The van der Waals surface area contributed by atoms with E-state index < -0.39 is 15.4 Å². The first-order valence-corrected chi connectivity index (χ1v) is 6.30. The van der Waals surface area contributed by atoms with Gasteiger partial charge in [0.2, 0.25) is 20.9 Å². The molecule has 0 fully saturated rings. The maximum absolute atomic E-state index is 11.2. The van der Waals surface area contributed by atoms with Gasteiger partial charge in [0.15, 0.2) is 0 Å². The lowest BCUT2D eigenvalue weighted by Gasteiger charge is -2.20. The Bertz CT molecular complexity index is 449. The van der Waals surface area contributed by atoms with Crippen LogP contribution >= 0.6 is 0 Å². The van der Waals surface area contributed by atoms with Crippen molar-refractivity contribution in [2.24, 2.45) is 0 Å². The fourth-order valence-corrected chi connectivity index (χ4v) is 1.38. The minimum absolute atomic E-state index is 0.218. The van der Waals surface area contributed by atoms with Gasteiger partial charge >= 0.3 is 0 Å². The van der Waals surface area contributed by atoms with Gasteiger partial charge in [-0.15, -0.1) is 0 Å². The second-order valence-electron chi connectivity index (χ2n) is 4.16. The highest BCUT2D eigenvalue weighted by Gasteiger charge is 2.16. The van der Waals surface area contributed by atoms with E-state index in [2.05, 4.69) is 9.97 Å². The highest BCUT2D eigenvalue weighted by atomic mass is 32.2. The molecular formula is C9H14N2O3S. The predicted octanol–water partition coefficient (Wildman–Crippen LogP) is 1.06. The Labute approximate surface area is 89.4 Å². The SMILES string of the molecule is CC(C)(C)Oc1ccnc(S(C)(=O)=O)n1. The topological polar surface area (TPSA) is 69.2 Å². The third-order valence-electron chi connectivity index (χ3n) is 1.35. The summed E-state index contributed by atoms with van der Waals surface area (Å²) in [5.41, 5.74) is -0.414. The molecule has 1 heterocycles. The summed E-state index contributed by atoms with van der Waals surface area (Å²) in [6, 6.07) is 1.53. The van der Waals surface area contributed by atoms with Gasteiger partial charge < -0.3 is 4.74 Å². The van der Waals surface area contributed by atoms with E-state index in [1.807, 2.05) is 20.8 Å². The quantitative estimate of drug-likeness (QED) is 0.710. The van der Waals surface area contributed by atoms with Crippen molar-refractivity contribution < 1.29 is 13.2 Å². The Morgan fingerprint density at radius 1 is 1.33 bits per heavy atom. The Balaban J connectivity index is 3.04. The molecule has 0 unspecified atom stereocenters.